The minimum Gasteiger partial charge on any atom is -0.481 e. The third-order valence-electron chi connectivity index (χ3n) is 3.25. The summed E-state index contributed by atoms with van der Waals surface area (Å²) in [4.78, 5) is 12.9. The van der Waals surface area contributed by atoms with Crippen molar-refractivity contribution in [1.29, 1.82) is 0 Å². The van der Waals surface area contributed by atoms with Crippen molar-refractivity contribution >= 4 is 5.97 Å². The first-order valence-electron chi connectivity index (χ1n) is 6.17. The fourth-order valence-electron chi connectivity index (χ4n) is 2.29. The van der Waals surface area contributed by atoms with E-state index < -0.39 is 5.97 Å². The number of ether oxygens (including phenoxy) is 1. The van der Waals surface area contributed by atoms with Gasteiger partial charge in [0.2, 0.25) is 0 Å². The molecule has 0 aliphatic carbocycles. The Hall–Kier alpha value is -0.610. The van der Waals surface area contributed by atoms with Crippen LogP contribution in [0.15, 0.2) is 0 Å². The Morgan fingerprint density at radius 2 is 2.38 bits per heavy atom. The van der Waals surface area contributed by atoms with Crippen LogP contribution < -0.4 is 0 Å². The second-order valence-corrected chi connectivity index (χ2v) is 4.62. The lowest BCUT2D eigenvalue weighted by Crippen LogP contribution is -2.40. The topological polar surface area (TPSA) is 49.8 Å². The molecular formula is C12H23NO3. The fourth-order valence-corrected chi connectivity index (χ4v) is 2.29. The molecule has 4 nitrogen and oxygen atoms in total. The maximum absolute atomic E-state index is 10.7. The highest BCUT2D eigenvalue weighted by molar-refractivity contribution is 5.67. The number of hydrogen-bond acceptors (Lipinski definition) is 3. The summed E-state index contributed by atoms with van der Waals surface area (Å²) in [6.45, 7) is 7.66. The highest BCUT2D eigenvalue weighted by atomic mass is 16.5. The van der Waals surface area contributed by atoms with E-state index in [-0.39, 0.29) is 12.5 Å². The van der Waals surface area contributed by atoms with Crippen molar-refractivity contribution in [1.82, 2.24) is 4.90 Å². The summed E-state index contributed by atoms with van der Waals surface area (Å²) in [6.07, 6.45) is 2.56. The molecule has 2 atom stereocenters. The summed E-state index contributed by atoms with van der Waals surface area (Å²) >= 11 is 0. The first kappa shape index (κ1) is 13.5. The lowest BCUT2D eigenvalue weighted by Gasteiger charge is -2.32. The quantitative estimate of drug-likeness (QED) is 0.751. The summed E-state index contributed by atoms with van der Waals surface area (Å²) < 4.78 is 5.45. The molecule has 1 N–H and O–H groups in total. The van der Waals surface area contributed by atoms with E-state index >= 15 is 0 Å². The van der Waals surface area contributed by atoms with E-state index in [2.05, 4.69) is 11.8 Å². The zero-order valence-corrected chi connectivity index (χ0v) is 10.3. The van der Waals surface area contributed by atoms with E-state index in [0.717, 1.165) is 32.7 Å². The van der Waals surface area contributed by atoms with Crippen molar-refractivity contribution in [3.63, 3.8) is 0 Å². The van der Waals surface area contributed by atoms with Crippen LogP contribution in [0.25, 0.3) is 0 Å². The SMILES string of the molecule is CCN(CC1CCCOC1)C(C)CC(=O)O. The molecule has 0 spiro atoms. The van der Waals surface area contributed by atoms with Gasteiger partial charge in [-0.05, 0) is 32.2 Å². The zero-order valence-electron chi connectivity index (χ0n) is 10.3. The van der Waals surface area contributed by atoms with Crippen LogP contribution in [-0.2, 0) is 9.53 Å². The summed E-state index contributed by atoms with van der Waals surface area (Å²) in [5.74, 6) is -0.143. The van der Waals surface area contributed by atoms with Gasteiger partial charge in [-0.15, -0.1) is 0 Å². The Balaban J connectivity index is 2.37. The van der Waals surface area contributed by atoms with Gasteiger partial charge in [-0.2, -0.15) is 0 Å². The average molecular weight is 229 g/mol. The van der Waals surface area contributed by atoms with E-state index in [9.17, 15) is 4.79 Å². The van der Waals surface area contributed by atoms with Gasteiger partial charge in [-0.3, -0.25) is 9.69 Å². The summed E-state index contributed by atoms with van der Waals surface area (Å²) in [6, 6.07) is 0.115. The Bertz CT molecular complexity index is 214. The molecule has 1 saturated heterocycles. The molecular weight excluding hydrogens is 206 g/mol. The van der Waals surface area contributed by atoms with Gasteiger partial charge in [0, 0.05) is 19.2 Å². The molecule has 0 amide bonds. The smallest absolute Gasteiger partial charge is 0.304 e. The second kappa shape index (κ2) is 6.86. The number of carboxylic acids is 1. The Labute approximate surface area is 97.6 Å². The van der Waals surface area contributed by atoms with Crippen molar-refractivity contribution in [2.45, 2.75) is 39.2 Å². The standard InChI is InChI=1S/C12H23NO3/c1-3-13(10(2)7-12(14)15)8-11-5-4-6-16-9-11/h10-11H,3-9H2,1-2H3,(H,14,15). The molecule has 0 aromatic rings. The molecule has 0 aromatic carbocycles. The van der Waals surface area contributed by atoms with E-state index in [1.165, 1.54) is 6.42 Å². The minimum absolute atomic E-state index is 0.115. The highest BCUT2D eigenvalue weighted by Gasteiger charge is 2.21. The van der Waals surface area contributed by atoms with Gasteiger partial charge < -0.3 is 9.84 Å². The first-order valence-corrected chi connectivity index (χ1v) is 6.17. The van der Waals surface area contributed by atoms with Crippen LogP contribution in [0.1, 0.15) is 33.1 Å². The monoisotopic (exact) mass is 229 g/mol. The predicted octanol–water partition coefficient (Wildman–Crippen LogP) is 1.60. The molecule has 0 aromatic heterocycles. The van der Waals surface area contributed by atoms with Crippen molar-refractivity contribution in [3.8, 4) is 0 Å². The molecule has 1 aliphatic heterocycles. The van der Waals surface area contributed by atoms with Gasteiger partial charge in [-0.1, -0.05) is 6.92 Å². The number of aliphatic carboxylic acids is 1. The Morgan fingerprint density at radius 1 is 1.62 bits per heavy atom. The maximum Gasteiger partial charge on any atom is 0.304 e. The van der Waals surface area contributed by atoms with Crippen LogP contribution in [-0.4, -0.2) is 48.3 Å². The number of carbonyl (C=O) groups is 1. The third-order valence-corrected chi connectivity index (χ3v) is 3.25. The lowest BCUT2D eigenvalue weighted by molar-refractivity contribution is -0.138. The van der Waals surface area contributed by atoms with E-state index in [1.807, 2.05) is 6.92 Å². The number of carboxylic acid groups (broad SMARTS) is 1. The predicted molar refractivity (Wildman–Crippen MR) is 62.5 cm³/mol. The molecule has 2 unspecified atom stereocenters. The van der Waals surface area contributed by atoms with Crippen molar-refractivity contribution in [3.05, 3.63) is 0 Å². The van der Waals surface area contributed by atoms with Gasteiger partial charge in [0.15, 0.2) is 0 Å². The Kier molecular flexibility index (Phi) is 5.77. The van der Waals surface area contributed by atoms with E-state index in [4.69, 9.17) is 9.84 Å². The molecule has 1 fully saturated rings. The summed E-state index contributed by atoms with van der Waals surface area (Å²) in [5.41, 5.74) is 0. The molecule has 1 rings (SSSR count). The number of nitrogens with zero attached hydrogens (tertiary/aromatic N) is 1. The molecule has 1 heterocycles. The van der Waals surface area contributed by atoms with E-state index in [0.29, 0.717) is 5.92 Å². The largest absolute Gasteiger partial charge is 0.481 e. The van der Waals surface area contributed by atoms with Crippen molar-refractivity contribution in [2.24, 2.45) is 5.92 Å². The van der Waals surface area contributed by atoms with Gasteiger partial charge in [0.25, 0.3) is 0 Å². The van der Waals surface area contributed by atoms with Crippen LogP contribution >= 0.6 is 0 Å². The van der Waals surface area contributed by atoms with Crippen LogP contribution in [0.3, 0.4) is 0 Å². The van der Waals surface area contributed by atoms with Gasteiger partial charge >= 0.3 is 5.97 Å². The molecule has 94 valence electrons. The van der Waals surface area contributed by atoms with Gasteiger partial charge in [-0.25, -0.2) is 0 Å². The van der Waals surface area contributed by atoms with Crippen LogP contribution in [0.2, 0.25) is 0 Å². The van der Waals surface area contributed by atoms with Gasteiger partial charge in [0.1, 0.15) is 0 Å². The fraction of sp³-hybridized carbons (Fsp3) is 0.917. The molecule has 16 heavy (non-hydrogen) atoms. The molecule has 0 saturated carbocycles. The second-order valence-electron chi connectivity index (χ2n) is 4.62. The van der Waals surface area contributed by atoms with E-state index in [1.54, 1.807) is 0 Å². The van der Waals surface area contributed by atoms with Gasteiger partial charge in [0.05, 0.1) is 13.0 Å². The Morgan fingerprint density at radius 3 is 2.88 bits per heavy atom. The van der Waals surface area contributed by atoms with Crippen LogP contribution in [0.5, 0.6) is 0 Å². The minimum atomic E-state index is -0.717. The highest BCUT2D eigenvalue weighted by Crippen LogP contribution is 2.16. The number of rotatable bonds is 6. The number of hydrogen-bond donors (Lipinski definition) is 1. The zero-order chi connectivity index (χ0) is 12.0. The molecule has 1 aliphatic rings. The van der Waals surface area contributed by atoms with Crippen molar-refractivity contribution < 1.29 is 14.6 Å². The van der Waals surface area contributed by atoms with Crippen LogP contribution in [0.4, 0.5) is 0 Å². The molecule has 4 heteroatoms. The third kappa shape index (κ3) is 4.49. The summed E-state index contributed by atoms with van der Waals surface area (Å²) in [5, 5.41) is 8.78. The molecule has 0 radical (unpaired) electrons. The maximum atomic E-state index is 10.7. The summed E-state index contributed by atoms with van der Waals surface area (Å²) in [7, 11) is 0. The lowest BCUT2D eigenvalue weighted by atomic mass is 10.0. The van der Waals surface area contributed by atoms with Crippen molar-refractivity contribution in [2.75, 3.05) is 26.3 Å². The average Bonchev–Trinajstić information content (AvgIpc) is 2.26. The molecule has 0 bridgehead atoms. The normalized spacial score (nSPS) is 23.3. The van der Waals surface area contributed by atoms with Crippen LogP contribution in [0, 0.1) is 5.92 Å². The first-order chi connectivity index (χ1) is 7.63.